The number of anilines is 1. The number of carbonyl (C=O) groups is 2. The third-order valence-electron chi connectivity index (χ3n) is 5.21. The molecule has 0 bridgehead atoms. The van der Waals surface area contributed by atoms with Gasteiger partial charge in [0.15, 0.2) is 0 Å². The minimum absolute atomic E-state index is 0.393. The largest absolute Gasteiger partial charge is 0.497 e. The van der Waals surface area contributed by atoms with Gasteiger partial charge in [0, 0.05) is 28.3 Å². The summed E-state index contributed by atoms with van der Waals surface area (Å²) in [6.45, 7) is 8.14. The van der Waals surface area contributed by atoms with Crippen molar-refractivity contribution in [2.24, 2.45) is 5.10 Å². The zero-order valence-corrected chi connectivity index (χ0v) is 19.0. The second-order valence-electron chi connectivity index (χ2n) is 7.79. The highest BCUT2D eigenvalue weighted by molar-refractivity contribution is 6.39. The molecule has 32 heavy (non-hydrogen) atoms. The molecule has 7 nitrogen and oxygen atoms in total. The fourth-order valence-electron chi connectivity index (χ4n) is 3.40. The standard InChI is InChI=1S/C25H28N4O3/c1-16(2)19-6-8-21(9-7-19)27-24(30)25(31)28-26-15-20-14-17(3)29(18(20)4)22-10-12-23(32-5)13-11-22/h6-16H,1-5H3,(H,27,30)(H,28,31)/b26-15-. The van der Waals surface area contributed by atoms with Crippen LogP contribution < -0.4 is 15.5 Å². The van der Waals surface area contributed by atoms with Crippen LogP contribution in [-0.4, -0.2) is 29.7 Å². The van der Waals surface area contributed by atoms with Gasteiger partial charge in [-0.25, -0.2) is 5.43 Å². The maximum absolute atomic E-state index is 12.1. The van der Waals surface area contributed by atoms with Gasteiger partial charge in [-0.3, -0.25) is 9.59 Å². The van der Waals surface area contributed by atoms with Crippen LogP contribution in [0, 0.1) is 13.8 Å². The first-order valence-corrected chi connectivity index (χ1v) is 10.4. The zero-order chi connectivity index (χ0) is 23.3. The highest BCUT2D eigenvalue weighted by Gasteiger charge is 2.14. The molecule has 0 fully saturated rings. The first-order chi connectivity index (χ1) is 15.3. The Morgan fingerprint density at radius 3 is 2.25 bits per heavy atom. The molecule has 0 unspecified atom stereocenters. The number of hydrazone groups is 1. The zero-order valence-electron chi connectivity index (χ0n) is 19.0. The number of hydrogen-bond donors (Lipinski definition) is 2. The van der Waals surface area contributed by atoms with Crippen LogP contribution in [0.1, 0.15) is 42.3 Å². The van der Waals surface area contributed by atoms with Crippen molar-refractivity contribution in [3.05, 3.63) is 77.1 Å². The number of nitrogens with zero attached hydrogens (tertiary/aromatic N) is 2. The van der Waals surface area contributed by atoms with Gasteiger partial charge in [0.05, 0.1) is 13.3 Å². The molecule has 2 amide bonds. The van der Waals surface area contributed by atoms with Crippen LogP contribution in [0.2, 0.25) is 0 Å². The first kappa shape index (κ1) is 22.8. The lowest BCUT2D eigenvalue weighted by molar-refractivity contribution is -0.136. The number of aryl methyl sites for hydroxylation is 1. The third kappa shape index (κ3) is 5.24. The van der Waals surface area contributed by atoms with Crippen molar-refractivity contribution in [1.82, 2.24) is 9.99 Å². The van der Waals surface area contributed by atoms with Crippen molar-refractivity contribution in [3.8, 4) is 11.4 Å². The molecule has 2 aromatic carbocycles. The lowest BCUT2D eigenvalue weighted by Gasteiger charge is -2.10. The highest BCUT2D eigenvalue weighted by Crippen LogP contribution is 2.22. The molecular formula is C25H28N4O3. The van der Waals surface area contributed by atoms with Crippen molar-refractivity contribution in [1.29, 1.82) is 0 Å². The van der Waals surface area contributed by atoms with Gasteiger partial charge in [-0.2, -0.15) is 5.10 Å². The van der Waals surface area contributed by atoms with Crippen molar-refractivity contribution >= 4 is 23.7 Å². The second kappa shape index (κ2) is 9.96. The van der Waals surface area contributed by atoms with Gasteiger partial charge >= 0.3 is 11.8 Å². The van der Waals surface area contributed by atoms with Crippen LogP contribution in [0.3, 0.4) is 0 Å². The number of carbonyl (C=O) groups excluding carboxylic acids is 2. The van der Waals surface area contributed by atoms with Crippen LogP contribution in [0.25, 0.3) is 5.69 Å². The summed E-state index contributed by atoms with van der Waals surface area (Å²) in [5, 5.41) is 6.53. The van der Waals surface area contributed by atoms with Gasteiger partial charge in [0.25, 0.3) is 0 Å². The summed E-state index contributed by atoms with van der Waals surface area (Å²) in [4.78, 5) is 24.2. The molecule has 0 spiro atoms. The SMILES string of the molecule is COc1ccc(-n2c(C)cc(/C=N\NC(=O)C(=O)Nc3ccc(C(C)C)cc3)c2C)cc1. The van der Waals surface area contributed by atoms with E-state index in [1.165, 1.54) is 6.21 Å². The topological polar surface area (TPSA) is 84.7 Å². The highest BCUT2D eigenvalue weighted by atomic mass is 16.5. The number of amides is 2. The summed E-state index contributed by atoms with van der Waals surface area (Å²) in [6.07, 6.45) is 1.53. The Hall–Kier alpha value is -3.87. The summed E-state index contributed by atoms with van der Waals surface area (Å²) in [5.41, 5.74) is 7.80. The van der Waals surface area contributed by atoms with Gasteiger partial charge in [-0.1, -0.05) is 26.0 Å². The van der Waals surface area contributed by atoms with Crippen LogP contribution in [0.5, 0.6) is 5.75 Å². The van der Waals surface area contributed by atoms with E-state index in [0.29, 0.717) is 11.6 Å². The summed E-state index contributed by atoms with van der Waals surface area (Å²) < 4.78 is 7.29. The predicted octanol–water partition coefficient (Wildman–Crippen LogP) is 4.31. The summed E-state index contributed by atoms with van der Waals surface area (Å²) in [5.74, 6) is -0.430. The summed E-state index contributed by atoms with van der Waals surface area (Å²) >= 11 is 0. The molecule has 2 N–H and O–H groups in total. The molecule has 0 saturated carbocycles. The van der Waals surface area contributed by atoms with Crippen LogP contribution in [0.4, 0.5) is 5.69 Å². The Morgan fingerprint density at radius 1 is 1.00 bits per heavy atom. The predicted molar refractivity (Wildman–Crippen MR) is 127 cm³/mol. The van der Waals surface area contributed by atoms with E-state index >= 15 is 0 Å². The summed E-state index contributed by atoms with van der Waals surface area (Å²) in [7, 11) is 1.63. The smallest absolute Gasteiger partial charge is 0.329 e. The van der Waals surface area contributed by atoms with E-state index in [9.17, 15) is 9.59 Å². The molecule has 0 aliphatic rings. The Bertz CT molecular complexity index is 1130. The molecule has 1 heterocycles. The lowest BCUT2D eigenvalue weighted by atomic mass is 10.0. The average molecular weight is 433 g/mol. The molecular weight excluding hydrogens is 404 g/mol. The average Bonchev–Trinajstić information content (AvgIpc) is 3.07. The Kier molecular flexibility index (Phi) is 7.10. The molecule has 1 aromatic heterocycles. The van der Waals surface area contributed by atoms with E-state index in [2.05, 4.69) is 34.3 Å². The van der Waals surface area contributed by atoms with Gasteiger partial charge in [-0.15, -0.1) is 0 Å². The monoisotopic (exact) mass is 432 g/mol. The van der Waals surface area contributed by atoms with E-state index in [4.69, 9.17) is 4.74 Å². The number of nitrogens with one attached hydrogen (secondary N) is 2. The number of methoxy groups -OCH3 is 1. The van der Waals surface area contributed by atoms with Crippen LogP contribution >= 0.6 is 0 Å². The van der Waals surface area contributed by atoms with Gasteiger partial charge < -0.3 is 14.6 Å². The van der Waals surface area contributed by atoms with E-state index < -0.39 is 11.8 Å². The Labute approximate surface area is 188 Å². The molecule has 0 atom stereocenters. The number of hydrogen-bond acceptors (Lipinski definition) is 4. The summed E-state index contributed by atoms with van der Waals surface area (Å²) in [6, 6.07) is 17.1. The molecule has 3 aromatic rings. The molecule has 0 saturated heterocycles. The molecule has 0 radical (unpaired) electrons. The van der Waals surface area contributed by atoms with Gasteiger partial charge in [-0.05, 0) is 67.8 Å². The van der Waals surface area contributed by atoms with Crippen molar-refractivity contribution in [2.45, 2.75) is 33.6 Å². The minimum Gasteiger partial charge on any atom is -0.497 e. The fourth-order valence-corrected chi connectivity index (χ4v) is 3.40. The molecule has 0 aliphatic heterocycles. The fraction of sp³-hybridized carbons (Fsp3) is 0.240. The Morgan fingerprint density at radius 2 is 1.66 bits per heavy atom. The van der Waals surface area contributed by atoms with Gasteiger partial charge in [0.2, 0.25) is 0 Å². The Balaban J connectivity index is 1.63. The number of rotatable bonds is 6. The molecule has 0 aliphatic carbocycles. The first-order valence-electron chi connectivity index (χ1n) is 10.4. The van der Waals surface area contributed by atoms with Crippen molar-refractivity contribution in [3.63, 3.8) is 0 Å². The second-order valence-corrected chi connectivity index (χ2v) is 7.79. The van der Waals surface area contributed by atoms with E-state index in [-0.39, 0.29) is 0 Å². The molecule has 3 rings (SSSR count). The third-order valence-corrected chi connectivity index (χ3v) is 5.21. The van der Waals surface area contributed by atoms with E-state index in [0.717, 1.165) is 34.0 Å². The number of benzene rings is 2. The molecule has 7 heteroatoms. The number of aromatic nitrogens is 1. The van der Waals surface area contributed by atoms with E-state index in [1.807, 2.05) is 56.3 Å². The van der Waals surface area contributed by atoms with Crippen LogP contribution in [0.15, 0.2) is 59.7 Å². The van der Waals surface area contributed by atoms with E-state index in [1.54, 1.807) is 19.2 Å². The number of ether oxygens (including phenoxy) is 1. The van der Waals surface area contributed by atoms with Crippen molar-refractivity contribution < 1.29 is 14.3 Å². The maximum atomic E-state index is 12.1. The lowest BCUT2D eigenvalue weighted by Crippen LogP contribution is -2.32. The van der Waals surface area contributed by atoms with Gasteiger partial charge in [0.1, 0.15) is 5.75 Å². The van der Waals surface area contributed by atoms with Crippen LogP contribution in [-0.2, 0) is 9.59 Å². The minimum atomic E-state index is -0.835. The normalized spacial score (nSPS) is 11.1. The molecule has 166 valence electrons. The quantitative estimate of drug-likeness (QED) is 0.346. The van der Waals surface area contributed by atoms with Crippen molar-refractivity contribution in [2.75, 3.05) is 12.4 Å². The maximum Gasteiger partial charge on any atom is 0.329 e.